The molecule has 1 aromatic heterocycles. The number of rotatable bonds is 1. The summed E-state index contributed by atoms with van der Waals surface area (Å²) in [5, 5.41) is 21.7. The van der Waals surface area contributed by atoms with Crippen molar-refractivity contribution in [1.82, 2.24) is 9.55 Å². The van der Waals surface area contributed by atoms with E-state index < -0.39 is 35.6 Å². The maximum Gasteiger partial charge on any atom is 0.309 e. The fourth-order valence-electron chi connectivity index (χ4n) is 5.09. The molecule has 7 nitrogen and oxygen atoms in total. The van der Waals surface area contributed by atoms with Crippen molar-refractivity contribution in [2.75, 3.05) is 0 Å². The first-order valence-corrected chi connectivity index (χ1v) is 13.0. The number of imidazole rings is 1. The molecule has 2 aromatic rings. The molecule has 0 saturated heterocycles. The molecule has 36 heavy (non-hydrogen) atoms. The molecule has 0 radical (unpaired) electrons. The lowest BCUT2D eigenvalue weighted by molar-refractivity contribution is -0.155. The average Bonchev–Trinajstić information content (AvgIpc) is 3.11. The Kier molecular flexibility index (Phi) is 8.78. The predicted molar refractivity (Wildman–Crippen MR) is 140 cm³/mol. The molecule has 0 fully saturated rings. The van der Waals surface area contributed by atoms with Crippen LogP contribution in [0.1, 0.15) is 84.2 Å². The number of carbonyl (C=O) groups is 2. The van der Waals surface area contributed by atoms with Gasteiger partial charge in [-0.15, -0.1) is 0 Å². The second-order valence-corrected chi connectivity index (χ2v) is 11.2. The van der Waals surface area contributed by atoms with Gasteiger partial charge in [-0.1, -0.05) is 45.4 Å². The van der Waals surface area contributed by atoms with Crippen LogP contribution in [0.15, 0.2) is 29.8 Å². The lowest BCUT2D eigenvalue weighted by Gasteiger charge is -2.34. The zero-order valence-electron chi connectivity index (χ0n) is 22.7. The second-order valence-electron chi connectivity index (χ2n) is 11.2. The summed E-state index contributed by atoms with van der Waals surface area (Å²) in [7, 11) is 1.97. The van der Waals surface area contributed by atoms with Crippen molar-refractivity contribution in [1.29, 1.82) is 0 Å². The Morgan fingerprint density at radius 3 is 2.53 bits per heavy atom. The van der Waals surface area contributed by atoms with E-state index in [4.69, 9.17) is 4.74 Å². The predicted octanol–water partition coefficient (Wildman–Crippen LogP) is 4.97. The molecule has 0 unspecified atom stereocenters. The fourth-order valence-corrected chi connectivity index (χ4v) is 5.09. The molecule has 2 N–H and O–H groups in total. The quantitative estimate of drug-likeness (QED) is 0.425. The van der Waals surface area contributed by atoms with Crippen molar-refractivity contribution in [3.63, 3.8) is 0 Å². The number of Topliss-reactive ketones (excluding diaryl/α,β-unsaturated/α-hetero) is 1. The number of esters is 1. The number of benzene rings is 1. The van der Waals surface area contributed by atoms with Crippen molar-refractivity contribution in [3.05, 3.63) is 41.2 Å². The molecule has 0 saturated carbocycles. The molecular formula is C29H42N2O5. The van der Waals surface area contributed by atoms with Crippen LogP contribution < -0.4 is 0 Å². The minimum Gasteiger partial charge on any atom is -0.457 e. The first kappa shape index (κ1) is 28.1. The SMILES string of the molecule is C/C1=C/C[C@@H](c2ccc3c(c2)nc(C)n3C)OC(=O)C[C@H](O)C(C)(C)C(=O)[C@H](C)[C@@H](O)[C@@H](C)CCC1. The van der Waals surface area contributed by atoms with Gasteiger partial charge < -0.3 is 19.5 Å². The van der Waals surface area contributed by atoms with Crippen molar-refractivity contribution in [2.45, 2.75) is 92.0 Å². The van der Waals surface area contributed by atoms with Crippen LogP contribution in [0.3, 0.4) is 0 Å². The van der Waals surface area contributed by atoms with E-state index in [0.717, 1.165) is 41.7 Å². The van der Waals surface area contributed by atoms with E-state index in [2.05, 4.69) is 18.0 Å². The van der Waals surface area contributed by atoms with Crippen molar-refractivity contribution in [3.8, 4) is 0 Å². The summed E-state index contributed by atoms with van der Waals surface area (Å²) in [5.74, 6) is -0.616. The van der Waals surface area contributed by atoms with E-state index in [-0.39, 0.29) is 18.1 Å². The van der Waals surface area contributed by atoms with Crippen molar-refractivity contribution < 1.29 is 24.5 Å². The van der Waals surface area contributed by atoms with Crippen LogP contribution in [0.25, 0.3) is 11.0 Å². The molecule has 3 rings (SSSR count). The number of aromatic nitrogens is 2. The number of carbonyl (C=O) groups excluding carboxylic acids is 2. The number of fused-ring (bicyclic) bond motifs is 1. The number of nitrogens with zero attached hydrogens (tertiary/aromatic N) is 2. The molecule has 198 valence electrons. The highest BCUT2D eigenvalue weighted by atomic mass is 16.5. The zero-order chi connectivity index (χ0) is 26.8. The van der Waals surface area contributed by atoms with Gasteiger partial charge in [0.2, 0.25) is 0 Å². The highest BCUT2D eigenvalue weighted by Gasteiger charge is 2.42. The summed E-state index contributed by atoms with van der Waals surface area (Å²) in [6, 6.07) is 5.90. The first-order valence-electron chi connectivity index (χ1n) is 13.0. The van der Waals surface area contributed by atoms with Gasteiger partial charge in [0.25, 0.3) is 0 Å². The van der Waals surface area contributed by atoms with E-state index in [9.17, 15) is 19.8 Å². The van der Waals surface area contributed by atoms with Gasteiger partial charge in [-0.2, -0.15) is 0 Å². The molecule has 0 amide bonds. The fraction of sp³-hybridized carbons (Fsp3) is 0.621. The number of hydrogen-bond acceptors (Lipinski definition) is 6. The van der Waals surface area contributed by atoms with Crippen molar-refractivity contribution >= 4 is 22.8 Å². The lowest BCUT2D eigenvalue weighted by Crippen LogP contribution is -2.45. The number of hydrogen-bond donors (Lipinski definition) is 2. The third-order valence-electron chi connectivity index (χ3n) is 8.02. The van der Waals surface area contributed by atoms with Gasteiger partial charge in [-0.3, -0.25) is 9.59 Å². The Hall–Kier alpha value is -2.51. The largest absolute Gasteiger partial charge is 0.457 e. The van der Waals surface area contributed by atoms with Crippen LogP contribution in [-0.4, -0.2) is 43.7 Å². The van der Waals surface area contributed by atoms with Crippen LogP contribution in [0.2, 0.25) is 0 Å². The molecule has 0 spiro atoms. The maximum absolute atomic E-state index is 13.2. The standard InChI is InChI=1S/C29H42N2O5/c1-17-9-8-10-18(2)27(34)19(3)28(35)29(5,6)25(32)16-26(33)36-24(14-11-17)21-12-13-23-22(15-21)30-20(4)31(23)7/h11-13,15,18-19,24-25,27,32,34H,8-10,14,16H2,1-7H3/b17-11-/t18-,19+,24-,25-,27-/m0/s1. The van der Waals surface area contributed by atoms with E-state index in [1.54, 1.807) is 20.8 Å². The number of allylic oxidation sites excluding steroid dienone is 1. The molecular weight excluding hydrogens is 456 g/mol. The highest BCUT2D eigenvalue weighted by molar-refractivity contribution is 5.88. The molecule has 2 heterocycles. The van der Waals surface area contributed by atoms with Gasteiger partial charge in [0.15, 0.2) is 0 Å². The van der Waals surface area contributed by atoms with E-state index in [0.29, 0.717) is 6.42 Å². The summed E-state index contributed by atoms with van der Waals surface area (Å²) >= 11 is 0. The average molecular weight is 499 g/mol. The summed E-state index contributed by atoms with van der Waals surface area (Å²) in [4.78, 5) is 30.8. The van der Waals surface area contributed by atoms with Gasteiger partial charge in [-0.25, -0.2) is 4.98 Å². The topological polar surface area (TPSA) is 102 Å². The molecule has 1 aromatic carbocycles. The van der Waals surface area contributed by atoms with Gasteiger partial charge in [0, 0.05) is 19.4 Å². The number of ether oxygens (including phenoxy) is 1. The van der Waals surface area contributed by atoms with Gasteiger partial charge in [0.05, 0.1) is 35.1 Å². The van der Waals surface area contributed by atoms with E-state index in [1.165, 1.54) is 5.57 Å². The number of aliphatic hydroxyl groups excluding tert-OH is 2. The molecule has 0 aliphatic carbocycles. The smallest absolute Gasteiger partial charge is 0.309 e. The third-order valence-corrected chi connectivity index (χ3v) is 8.02. The minimum absolute atomic E-state index is 0.0520. The monoisotopic (exact) mass is 498 g/mol. The Morgan fingerprint density at radius 2 is 1.83 bits per heavy atom. The molecule has 5 atom stereocenters. The van der Waals surface area contributed by atoms with Crippen LogP contribution in [0.4, 0.5) is 0 Å². The van der Waals surface area contributed by atoms with Gasteiger partial charge in [0.1, 0.15) is 17.7 Å². The Morgan fingerprint density at radius 1 is 1.14 bits per heavy atom. The molecule has 0 bridgehead atoms. The van der Waals surface area contributed by atoms with Gasteiger partial charge in [-0.05, 0) is 56.7 Å². The number of cyclic esters (lactones) is 1. The summed E-state index contributed by atoms with van der Waals surface area (Å²) < 4.78 is 7.91. The van der Waals surface area contributed by atoms with Crippen LogP contribution >= 0.6 is 0 Å². The van der Waals surface area contributed by atoms with E-state index in [1.807, 2.05) is 43.7 Å². The Bertz CT molecular complexity index is 1130. The normalized spacial score (nSPS) is 30.6. The summed E-state index contributed by atoms with van der Waals surface area (Å²) in [6.07, 6.45) is 2.28. The Balaban J connectivity index is 1.93. The molecule has 7 heteroatoms. The van der Waals surface area contributed by atoms with Crippen LogP contribution in [0.5, 0.6) is 0 Å². The molecule has 1 aliphatic heterocycles. The number of aliphatic hydroxyl groups is 2. The first-order chi connectivity index (χ1) is 16.8. The third kappa shape index (κ3) is 6.06. The summed E-state index contributed by atoms with van der Waals surface area (Å²) in [5.41, 5.74) is 2.67. The summed E-state index contributed by atoms with van der Waals surface area (Å²) in [6.45, 7) is 10.9. The maximum atomic E-state index is 13.2. The zero-order valence-corrected chi connectivity index (χ0v) is 22.7. The van der Waals surface area contributed by atoms with Crippen molar-refractivity contribution in [2.24, 2.45) is 24.3 Å². The number of ketones is 1. The molecule has 1 aliphatic rings. The highest BCUT2D eigenvalue weighted by Crippen LogP contribution is 2.33. The Labute approximate surface area is 214 Å². The minimum atomic E-state index is -1.23. The van der Waals surface area contributed by atoms with Gasteiger partial charge >= 0.3 is 5.97 Å². The second kappa shape index (κ2) is 11.3. The number of aryl methyl sites for hydroxylation is 2. The van der Waals surface area contributed by atoms with E-state index >= 15 is 0 Å². The van der Waals surface area contributed by atoms with Crippen LogP contribution in [-0.2, 0) is 21.4 Å². The lowest BCUT2D eigenvalue weighted by atomic mass is 9.73. The van der Waals surface area contributed by atoms with Crippen LogP contribution in [0, 0.1) is 24.2 Å².